The molecule has 4 rings (SSSR count). The van der Waals surface area contributed by atoms with Gasteiger partial charge in [-0.05, 0) is 30.7 Å². The van der Waals surface area contributed by atoms with Gasteiger partial charge in [-0.15, -0.1) is 0 Å². The van der Waals surface area contributed by atoms with Crippen LogP contribution in [-0.4, -0.2) is 24.3 Å². The van der Waals surface area contributed by atoms with Crippen LogP contribution in [0.5, 0.6) is 5.75 Å². The Labute approximate surface area is 114 Å². The van der Waals surface area contributed by atoms with Crippen molar-refractivity contribution in [1.29, 1.82) is 0 Å². The lowest BCUT2D eigenvalue weighted by molar-refractivity contribution is 0.285. The molecule has 1 aromatic carbocycles. The lowest BCUT2D eigenvalue weighted by Gasteiger charge is -2.19. The van der Waals surface area contributed by atoms with Crippen LogP contribution < -0.4 is 10.1 Å². The fraction of sp³-hybridized carbons (Fsp3) is 0.429. The van der Waals surface area contributed by atoms with Gasteiger partial charge in [-0.2, -0.15) is 0 Å². The predicted octanol–water partition coefficient (Wildman–Crippen LogP) is 2.48. The van der Waals surface area contributed by atoms with Gasteiger partial charge < -0.3 is 14.6 Å². The second kappa shape index (κ2) is 4.00. The second-order valence-electron chi connectivity index (χ2n) is 4.94. The van der Waals surface area contributed by atoms with Gasteiger partial charge in [0, 0.05) is 28.5 Å². The van der Waals surface area contributed by atoms with Crippen molar-refractivity contribution in [2.24, 2.45) is 0 Å². The van der Waals surface area contributed by atoms with Gasteiger partial charge in [0.15, 0.2) is 0 Å². The summed E-state index contributed by atoms with van der Waals surface area (Å²) in [6.07, 6.45) is 2.23. The van der Waals surface area contributed by atoms with E-state index < -0.39 is 0 Å². The molecule has 0 saturated heterocycles. The summed E-state index contributed by atoms with van der Waals surface area (Å²) >= 11 is 3.71. The van der Waals surface area contributed by atoms with E-state index in [9.17, 15) is 0 Å². The highest BCUT2D eigenvalue weighted by Gasteiger charge is 2.25. The Bertz CT molecular complexity index is 632. The fourth-order valence-corrected chi connectivity index (χ4v) is 3.81. The Morgan fingerprint density at radius 1 is 1.22 bits per heavy atom. The monoisotopic (exact) mass is 306 g/mol. The van der Waals surface area contributed by atoms with Crippen molar-refractivity contribution < 1.29 is 4.74 Å². The zero-order chi connectivity index (χ0) is 12.1. The van der Waals surface area contributed by atoms with Gasteiger partial charge in [0.2, 0.25) is 0 Å². The van der Waals surface area contributed by atoms with Crippen LogP contribution in [-0.2, 0) is 19.4 Å². The molecular weight excluding hydrogens is 292 g/mol. The van der Waals surface area contributed by atoms with E-state index in [0.29, 0.717) is 0 Å². The average Bonchev–Trinajstić information content (AvgIpc) is 2.57. The summed E-state index contributed by atoms with van der Waals surface area (Å²) in [5.74, 6) is 1.04. The fourth-order valence-electron chi connectivity index (χ4n) is 3.26. The minimum absolute atomic E-state index is 0.790. The van der Waals surface area contributed by atoms with E-state index >= 15 is 0 Å². The SMILES string of the molecule is Brc1ccc2c3c1c1c(n3CCO2)CCNCC1. The molecule has 0 atom stereocenters. The van der Waals surface area contributed by atoms with Crippen LogP contribution in [0, 0.1) is 0 Å². The number of halogens is 1. The molecule has 0 radical (unpaired) electrons. The van der Waals surface area contributed by atoms with Gasteiger partial charge in [0.05, 0.1) is 12.1 Å². The number of fused-ring (bicyclic) bond motifs is 3. The van der Waals surface area contributed by atoms with E-state index in [2.05, 4.69) is 37.9 Å². The molecule has 0 saturated carbocycles. The summed E-state index contributed by atoms with van der Waals surface area (Å²) < 4.78 is 9.47. The van der Waals surface area contributed by atoms with Crippen LogP contribution >= 0.6 is 15.9 Å². The van der Waals surface area contributed by atoms with Crippen LogP contribution in [0.1, 0.15) is 11.3 Å². The molecule has 0 spiro atoms. The molecule has 94 valence electrons. The van der Waals surface area contributed by atoms with Gasteiger partial charge in [0.25, 0.3) is 0 Å². The van der Waals surface area contributed by atoms with Gasteiger partial charge in [0.1, 0.15) is 12.4 Å². The number of hydrogen-bond donors (Lipinski definition) is 1. The first kappa shape index (κ1) is 10.9. The summed E-state index contributed by atoms with van der Waals surface area (Å²) in [6.45, 7) is 3.92. The Morgan fingerprint density at radius 2 is 2.11 bits per heavy atom. The summed E-state index contributed by atoms with van der Waals surface area (Å²) in [5.41, 5.74) is 4.31. The van der Waals surface area contributed by atoms with Crippen molar-refractivity contribution in [2.45, 2.75) is 19.4 Å². The first-order chi connectivity index (χ1) is 8.86. The summed E-state index contributed by atoms with van der Waals surface area (Å²) in [7, 11) is 0. The van der Waals surface area contributed by atoms with Crippen LogP contribution in [0.15, 0.2) is 16.6 Å². The van der Waals surface area contributed by atoms with Crippen molar-refractivity contribution >= 4 is 26.8 Å². The molecule has 2 aliphatic rings. The molecule has 0 aliphatic carbocycles. The topological polar surface area (TPSA) is 26.2 Å². The van der Waals surface area contributed by atoms with Gasteiger partial charge in [-0.1, -0.05) is 15.9 Å². The Hall–Kier alpha value is -1.00. The highest BCUT2D eigenvalue weighted by Crippen LogP contribution is 2.40. The van der Waals surface area contributed by atoms with Gasteiger partial charge >= 0.3 is 0 Å². The molecule has 0 amide bonds. The lowest BCUT2D eigenvalue weighted by atomic mass is 10.1. The van der Waals surface area contributed by atoms with Crippen molar-refractivity contribution in [3.8, 4) is 5.75 Å². The summed E-state index contributed by atoms with van der Waals surface area (Å²) in [5, 5.41) is 4.86. The van der Waals surface area contributed by atoms with E-state index in [1.165, 1.54) is 26.6 Å². The van der Waals surface area contributed by atoms with Crippen LogP contribution in [0.4, 0.5) is 0 Å². The number of hydrogen-bond acceptors (Lipinski definition) is 2. The molecule has 1 N–H and O–H groups in total. The first-order valence-corrected chi connectivity index (χ1v) is 7.31. The van der Waals surface area contributed by atoms with Crippen LogP contribution in [0.25, 0.3) is 10.9 Å². The third kappa shape index (κ3) is 1.39. The smallest absolute Gasteiger partial charge is 0.143 e. The second-order valence-corrected chi connectivity index (χ2v) is 5.80. The quantitative estimate of drug-likeness (QED) is 0.809. The number of rotatable bonds is 0. The Balaban J connectivity index is 2.13. The maximum absolute atomic E-state index is 5.80. The third-order valence-corrected chi connectivity index (χ3v) is 4.66. The van der Waals surface area contributed by atoms with E-state index in [1.807, 2.05) is 0 Å². The van der Waals surface area contributed by atoms with E-state index in [-0.39, 0.29) is 0 Å². The average molecular weight is 307 g/mol. The van der Waals surface area contributed by atoms with Crippen LogP contribution in [0.2, 0.25) is 0 Å². The Morgan fingerprint density at radius 3 is 3.06 bits per heavy atom. The van der Waals surface area contributed by atoms with Gasteiger partial charge in [-0.3, -0.25) is 0 Å². The van der Waals surface area contributed by atoms with Gasteiger partial charge in [-0.25, -0.2) is 0 Å². The predicted molar refractivity (Wildman–Crippen MR) is 75.4 cm³/mol. The van der Waals surface area contributed by atoms with E-state index in [1.54, 1.807) is 0 Å². The molecule has 18 heavy (non-hydrogen) atoms. The minimum Gasteiger partial charge on any atom is -0.490 e. The number of nitrogens with zero attached hydrogens (tertiary/aromatic N) is 1. The number of nitrogens with one attached hydrogen (secondary N) is 1. The number of aromatic nitrogens is 1. The highest BCUT2D eigenvalue weighted by molar-refractivity contribution is 9.10. The highest BCUT2D eigenvalue weighted by atomic mass is 79.9. The van der Waals surface area contributed by atoms with Crippen molar-refractivity contribution in [1.82, 2.24) is 9.88 Å². The molecule has 0 fully saturated rings. The molecule has 2 aromatic rings. The van der Waals surface area contributed by atoms with Crippen molar-refractivity contribution in [3.63, 3.8) is 0 Å². The normalized spacial score (nSPS) is 18.3. The van der Waals surface area contributed by atoms with E-state index in [0.717, 1.165) is 44.8 Å². The molecule has 2 aliphatic heterocycles. The first-order valence-electron chi connectivity index (χ1n) is 6.52. The largest absolute Gasteiger partial charge is 0.490 e. The molecule has 3 nitrogen and oxygen atoms in total. The van der Waals surface area contributed by atoms with Crippen molar-refractivity contribution in [3.05, 3.63) is 27.9 Å². The summed E-state index contributed by atoms with van der Waals surface area (Å²) in [6, 6.07) is 4.20. The summed E-state index contributed by atoms with van der Waals surface area (Å²) in [4.78, 5) is 0. The standard InChI is InChI=1S/C14H15BrN2O/c15-10-1-2-12-14-13(10)9-3-5-16-6-4-11(9)17(14)7-8-18-12/h1-2,16H,3-8H2. The molecule has 1 aromatic heterocycles. The Kier molecular flexibility index (Phi) is 2.42. The number of benzene rings is 1. The van der Waals surface area contributed by atoms with Crippen molar-refractivity contribution in [2.75, 3.05) is 19.7 Å². The molecule has 3 heterocycles. The molecule has 0 unspecified atom stereocenters. The molecule has 4 heteroatoms. The number of ether oxygens (including phenoxy) is 1. The molecule has 0 bridgehead atoms. The third-order valence-electron chi connectivity index (χ3n) is 4.00. The maximum atomic E-state index is 5.80. The molecular formula is C14H15BrN2O. The maximum Gasteiger partial charge on any atom is 0.143 e. The zero-order valence-corrected chi connectivity index (χ0v) is 11.7. The van der Waals surface area contributed by atoms with E-state index in [4.69, 9.17) is 4.74 Å². The minimum atomic E-state index is 0.790. The zero-order valence-electron chi connectivity index (χ0n) is 10.1. The van der Waals surface area contributed by atoms with Crippen LogP contribution in [0.3, 0.4) is 0 Å². The lowest BCUT2D eigenvalue weighted by Crippen LogP contribution is -2.19.